The number of terminal acetylenes is 1. The largest absolute Gasteiger partial charge is 0.463 e. The van der Waals surface area contributed by atoms with E-state index in [0.29, 0.717) is 54.4 Å². The number of sulfonamides is 1. The molecule has 2 aliphatic carbocycles. The van der Waals surface area contributed by atoms with Gasteiger partial charge in [0.2, 0.25) is 16.0 Å². The zero-order valence-corrected chi connectivity index (χ0v) is 27.2. The molecule has 1 saturated heterocycles. The molecule has 14 heteroatoms. The van der Waals surface area contributed by atoms with Crippen molar-refractivity contribution >= 4 is 44.9 Å². The highest BCUT2D eigenvalue weighted by Crippen LogP contribution is 2.37. The average molecular weight is 640 g/mol. The minimum atomic E-state index is -3.46. The standard InChI is InChI=1S/C31H45N9O4S/c1-6-21-11-13-22(14-12-21)17-40-25-27(33-20(5)23-9-8-10-23)35-29(26(32)34-31(41)42)36-28(25)37-30(40)39-16-15-38(18-24(39)7-2)45(43,44)19(3)4/h1,7,19-24H,2,8-18H2,3-5H3,(H2,32,34)(H,41,42)(H,33,35,36). The van der Waals surface area contributed by atoms with Crippen molar-refractivity contribution in [3.8, 4) is 12.3 Å². The van der Waals surface area contributed by atoms with E-state index in [1.807, 2.05) is 0 Å². The lowest BCUT2D eigenvalue weighted by Gasteiger charge is -2.41. The molecule has 2 unspecified atom stereocenters. The number of amides is 1. The highest BCUT2D eigenvalue weighted by Gasteiger charge is 2.37. The van der Waals surface area contributed by atoms with E-state index in [4.69, 9.17) is 22.1 Å². The summed E-state index contributed by atoms with van der Waals surface area (Å²) in [7, 11) is -3.46. The van der Waals surface area contributed by atoms with Gasteiger partial charge in [-0.3, -0.25) is 0 Å². The number of aliphatic imine (C=N–C) groups is 1. The average Bonchev–Trinajstić information content (AvgIpc) is 3.33. The van der Waals surface area contributed by atoms with Crippen LogP contribution in [-0.4, -0.2) is 86.2 Å². The summed E-state index contributed by atoms with van der Waals surface area (Å²) in [4.78, 5) is 31.2. The number of aromatic nitrogens is 4. The maximum absolute atomic E-state index is 13.1. The van der Waals surface area contributed by atoms with Gasteiger partial charge in [0, 0.05) is 38.1 Å². The van der Waals surface area contributed by atoms with Crippen LogP contribution in [0.2, 0.25) is 0 Å². The minimum absolute atomic E-state index is 0.0212. The molecule has 13 nitrogen and oxygen atoms in total. The normalized spacial score (nSPS) is 24.3. The summed E-state index contributed by atoms with van der Waals surface area (Å²) in [6.45, 7) is 11.1. The Labute approximate surface area is 265 Å². The van der Waals surface area contributed by atoms with Crippen molar-refractivity contribution in [2.45, 2.75) is 89.6 Å². The van der Waals surface area contributed by atoms with Gasteiger partial charge in [-0.1, -0.05) is 12.5 Å². The number of nitrogens with zero attached hydrogens (tertiary/aromatic N) is 7. The van der Waals surface area contributed by atoms with Gasteiger partial charge in [-0.15, -0.1) is 18.9 Å². The first kappa shape index (κ1) is 32.7. The van der Waals surface area contributed by atoms with Gasteiger partial charge < -0.3 is 25.6 Å². The number of imidazole rings is 1. The molecule has 1 aliphatic heterocycles. The van der Waals surface area contributed by atoms with Gasteiger partial charge in [0.15, 0.2) is 23.1 Å². The third kappa shape index (κ3) is 6.79. The van der Waals surface area contributed by atoms with Gasteiger partial charge in [0.05, 0.1) is 11.3 Å². The van der Waals surface area contributed by atoms with Crippen LogP contribution in [-0.2, 0) is 16.6 Å². The number of rotatable bonds is 10. The van der Waals surface area contributed by atoms with Crippen LogP contribution >= 0.6 is 0 Å². The second kappa shape index (κ2) is 13.3. The van der Waals surface area contributed by atoms with E-state index in [1.165, 1.54) is 10.7 Å². The fourth-order valence-corrected chi connectivity index (χ4v) is 7.88. The van der Waals surface area contributed by atoms with Crippen molar-refractivity contribution in [3.63, 3.8) is 0 Å². The maximum atomic E-state index is 13.1. The van der Waals surface area contributed by atoms with Gasteiger partial charge in [-0.25, -0.2) is 23.2 Å². The van der Waals surface area contributed by atoms with Gasteiger partial charge in [0.1, 0.15) is 5.52 Å². The maximum Gasteiger partial charge on any atom is 0.433 e. The number of piperazine rings is 1. The molecule has 244 valence electrons. The van der Waals surface area contributed by atoms with Crippen LogP contribution in [0.25, 0.3) is 11.2 Å². The van der Waals surface area contributed by atoms with Crippen LogP contribution in [0.4, 0.5) is 16.6 Å². The fraction of sp³-hybridized carbons (Fsp3) is 0.645. The minimum Gasteiger partial charge on any atom is -0.463 e. The smallest absolute Gasteiger partial charge is 0.433 e. The molecule has 2 aromatic heterocycles. The molecule has 0 aromatic carbocycles. The van der Waals surface area contributed by atoms with Gasteiger partial charge in [0.25, 0.3) is 0 Å². The van der Waals surface area contributed by atoms with Crippen molar-refractivity contribution in [1.82, 2.24) is 23.8 Å². The quantitative estimate of drug-likeness (QED) is 0.151. The van der Waals surface area contributed by atoms with E-state index in [-0.39, 0.29) is 36.2 Å². The molecule has 2 aromatic rings. The number of anilines is 2. The van der Waals surface area contributed by atoms with Crippen molar-refractivity contribution in [3.05, 3.63) is 18.5 Å². The molecule has 45 heavy (non-hydrogen) atoms. The number of fused-ring (bicyclic) bond motifs is 1. The first-order chi connectivity index (χ1) is 21.4. The van der Waals surface area contributed by atoms with E-state index in [2.05, 4.69) is 44.2 Å². The molecule has 5 rings (SSSR count). The van der Waals surface area contributed by atoms with E-state index in [1.54, 1.807) is 19.9 Å². The molecule has 3 aliphatic rings. The van der Waals surface area contributed by atoms with E-state index in [9.17, 15) is 18.3 Å². The summed E-state index contributed by atoms with van der Waals surface area (Å²) in [5, 5.41) is 12.3. The number of carbonyl (C=O) groups is 1. The number of nitrogens with two attached hydrogens (primary N) is 1. The highest BCUT2D eigenvalue weighted by molar-refractivity contribution is 7.89. The van der Waals surface area contributed by atoms with Crippen LogP contribution < -0.4 is 16.0 Å². The Morgan fingerprint density at radius 2 is 1.89 bits per heavy atom. The summed E-state index contributed by atoms with van der Waals surface area (Å²) in [5.74, 6) is 4.83. The van der Waals surface area contributed by atoms with Crippen LogP contribution in [0.15, 0.2) is 17.6 Å². The molecule has 2 atom stereocenters. The Balaban J connectivity index is 1.62. The van der Waals surface area contributed by atoms with Gasteiger partial charge >= 0.3 is 6.09 Å². The Bertz CT molecular complexity index is 1600. The Hall–Kier alpha value is -3.70. The molecule has 3 heterocycles. The molecule has 4 N–H and O–H groups in total. The summed E-state index contributed by atoms with van der Waals surface area (Å²) in [6, 6.07) is -0.234. The Morgan fingerprint density at radius 1 is 1.18 bits per heavy atom. The van der Waals surface area contributed by atoms with E-state index < -0.39 is 21.4 Å². The fourth-order valence-electron chi connectivity index (χ4n) is 6.59. The zero-order chi connectivity index (χ0) is 32.5. The van der Waals surface area contributed by atoms with Crippen molar-refractivity contribution in [1.29, 1.82) is 0 Å². The van der Waals surface area contributed by atoms with Crippen LogP contribution in [0.1, 0.15) is 71.5 Å². The summed E-state index contributed by atoms with van der Waals surface area (Å²) < 4.78 is 29.8. The molecule has 0 spiro atoms. The van der Waals surface area contributed by atoms with Gasteiger partial charge in [-0.2, -0.15) is 14.3 Å². The third-order valence-electron chi connectivity index (χ3n) is 9.64. The Morgan fingerprint density at radius 3 is 2.47 bits per heavy atom. The second-order valence-corrected chi connectivity index (χ2v) is 15.3. The number of hydrogen-bond donors (Lipinski definition) is 3. The lowest BCUT2D eigenvalue weighted by molar-refractivity contribution is 0.205. The first-order valence-electron chi connectivity index (χ1n) is 15.9. The van der Waals surface area contributed by atoms with Crippen molar-refractivity contribution in [2.75, 3.05) is 29.9 Å². The topological polar surface area (TPSA) is 172 Å². The zero-order valence-electron chi connectivity index (χ0n) is 26.4. The number of amidine groups is 1. The molecule has 0 bridgehead atoms. The number of carboxylic acid groups (broad SMARTS) is 1. The molecular weight excluding hydrogens is 594 g/mol. The summed E-state index contributed by atoms with van der Waals surface area (Å²) in [6.07, 6.45) is 13.3. The number of nitrogens with one attached hydrogen (secondary N) is 1. The molecular formula is C31H45N9O4S. The Kier molecular flexibility index (Phi) is 9.69. The van der Waals surface area contributed by atoms with Crippen LogP contribution in [0.3, 0.4) is 0 Å². The summed E-state index contributed by atoms with van der Waals surface area (Å²) in [5.41, 5.74) is 7.11. The predicted molar refractivity (Wildman–Crippen MR) is 176 cm³/mol. The third-order valence-corrected chi connectivity index (χ3v) is 11.9. The molecule has 1 amide bonds. The summed E-state index contributed by atoms with van der Waals surface area (Å²) >= 11 is 0. The van der Waals surface area contributed by atoms with E-state index in [0.717, 1.165) is 38.5 Å². The lowest BCUT2D eigenvalue weighted by atomic mass is 9.80. The predicted octanol–water partition coefficient (Wildman–Crippen LogP) is 3.66. The van der Waals surface area contributed by atoms with Crippen molar-refractivity contribution in [2.24, 2.45) is 28.5 Å². The molecule has 0 radical (unpaired) electrons. The first-order valence-corrected chi connectivity index (χ1v) is 17.4. The van der Waals surface area contributed by atoms with Crippen LogP contribution in [0.5, 0.6) is 0 Å². The molecule has 3 fully saturated rings. The van der Waals surface area contributed by atoms with Gasteiger partial charge in [-0.05, 0) is 71.1 Å². The van der Waals surface area contributed by atoms with E-state index >= 15 is 0 Å². The van der Waals surface area contributed by atoms with Crippen LogP contribution in [0, 0.1) is 30.1 Å². The SMILES string of the molecule is C#CC1CCC(Cn2c(N3CCN(S(=O)(=O)C(C)C)CC3C=C)nc3nc(C(N)=NC(=O)O)nc(NC(C)C4CCC4)c32)CC1. The van der Waals surface area contributed by atoms with Crippen molar-refractivity contribution < 1.29 is 18.3 Å². The monoisotopic (exact) mass is 639 g/mol. The number of hydrogen-bond acceptors (Lipinski definition) is 8. The molecule has 2 saturated carbocycles. The highest BCUT2D eigenvalue weighted by atomic mass is 32.2. The second-order valence-electron chi connectivity index (χ2n) is 12.8. The lowest BCUT2D eigenvalue weighted by Crippen LogP contribution is -2.56.